The van der Waals surface area contributed by atoms with Gasteiger partial charge in [0.25, 0.3) is 5.91 Å². The molecule has 4 rings (SSSR count). The second-order valence-corrected chi connectivity index (χ2v) is 8.99. The number of anilines is 3. The molecule has 2 heterocycles. The highest BCUT2D eigenvalue weighted by Gasteiger charge is 2.20. The molecule has 1 aliphatic heterocycles. The predicted octanol–water partition coefficient (Wildman–Crippen LogP) is 3.85. The normalized spacial score (nSPS) is 14.3. The Labute approximate surface area is 190 Å². The number of likely N-dealkylation sites (N-methyl/N-ethyl adjacent to an activating group) is 1. The van der Waals surface area contributed by atoms with Crippen molar-refractivity contribution in [1.29, 1.82) is 0 Å². The van der Waals surface area contributed by atoms with E-state index in [0.29, 0.717) is 22.1 Å². The first-order valence-corrected chi connectivity index (χ1v) is 11.2. The molecule has 1 aliphatic rings. The second kappa shape index (κ2) is 9.37. The molecule has 0 saturated heterocycles. The fourth-order valence-electron chi connectivity index (χ4n) is 3.56. The molecule has 5 N–H and O–H groups in total. The number of thiazole rings is 1. The van der Waals surface area contributed by atoms with Gasteiger partial charge in [-0.15, -0.1) is 11.3 Å². The van der Waals surface area contributed by atoms with Crippen LogP contribution in [0.15, 0.2) is 48.5 Å². The predicted molar refractivity (Wildman–Crippen MR) is 128 cm³/mol. The van der Waals surface area contributed by atoms with Crippen LogP contribution in [0.25, 0.3) is 0 Å². The molecule has 2 aromatic carbocycles. The SMILES string of the molecule is C[C@@H](NC(=O)Nc1cccc(N)c1)c1cccc(C(=O)Nc2nc3c(s2)CN(C)CC3)c1. The van der Waals surface area contributed by atoms with E-state index in [1.54, 1.807) is 42.5 Å². The largest absolute Gasteiger partial charge is 0.399 e. The Morgan fingerprint density at radius 1 is 1.16 bits per heavy atom. The van der Waals surface area contributed by atoms with Gasteiger partial charge in [-0.1, -0.05) is 18.2 Å². The molecule has 0 aliphatic carbocycles. The minimum Gasteiger partial charge on any atom is -0.399 e. The summed E-state index contributed by atoms with van der Waals surface area (Å²) in [5, 5.41) is 9.17. The standard InChI is InChI=1S/C23H26N6O2S/c1-14(25-22(31)26-18-8-4-7-17(24)12-18)15-5-3-6-16(11-15)21(30)28-23-27-19-9-10-29(2)13-20(19)32-23/h3-8,11-12,14H,9-10,13,24H2,1-2H3,(H2,25,26,31)(H,27,28,30)/t14-/m1/s1. The summed E-state index contributed by atoms with van der Waals surface area (Å²) in [4.78, 5) is 33.2. The van der Waals surface area contributed by atoms with Crippen LogP contribution in [0.4, 0.5) is 21.3 Å². The van der Waals surface area contributed by atoms with Crippen LogP contribution in [0.1, 0.15) is 39.5 Å². The molecule has 0 fully saturated rings. The van der Waals surface area contributed by atoms with Gasteiger partial charge in [0.1, 0.15) is 0 Å². The number of urea groups is 1. The topological polar surface area (TPSA) is 112 Å². The zero-order valence-electron chi connectivity index (χ0n) is 18.0. The van der Waals surface area contributed by atoms with Crippen molar-refractivity contribution < 1.29 is 9.59 Å². The molecule has 9 heteroatoms. The lowest BCUT2D eigenvalue weighted by Gasteiger charge is -2.20. The molecule has 0 unspecified atom stereocenters. The summed E-state index contributed by atoms with van der Waals surface area (Å²) >= 11 is 1.52. The van der Waals surface area contributed by atoms with Crippen LogP contribution in [0.3, 0.4) is 0 Å². The van der Waals surface area contributed by atoms with Crippen molar-refractivity contribution in [2.75, 3.05) is 30.0 Å². The lowest BCUT2D eigenvalue weighted by atomic mass is 10.0. The van der Waals surface area contributed by atoms with Crippen molar-refractivity contribution in [2.45, 2.75) is 25.9 Å². The third kappa shape index (κ3) is 5.24. The first-order valence-electron chi connectivity index (χ1n) is 10.4. The van der Waals surface area contributed by atoms with Gasteiger partial charge in [0.05, 0.1) is 11.7 Å². The van der Waals surface area contributed by atoms with Gasteiger partial charge in [-0.2, -0.15) is 0 Å². The number of fused-ring (bicyclic) bond motifs is 1. The van der Waals surface area contributed by atoms with Crippen molar-refractivity contribution in [3.05, 3.63) is 70.2 Å². The highest BCUT2D eigenvalue weighted by Crippen LogP contribution is 2.28. The third-order valence-corrected chi connectivity index (χ3v) is 6.28. The van der Waals surface area contributed by atoms with Crippen LogP contribution in [-0.2, 0) is 13.0 Å². The Morgan fingerprint density at radius 2 is 1.97 bits per heavy atom. The lowest BCUT2D eigenvalue weighted by molar-refractivity contribution is 0.102. The van der Waals surface area contributed by atoms with E-state index in [4.69, 9.17) is 5.73 Å². The first-order chi connectivity index (χ1) is 15.4. The van der Waals surface area contributed by atoms with Gasteiger partial charge in [-0.25, -0.2) is 9.78 Å². The van der Waals surface area contributed by atoms with E-state index < -0.39 is 0 Å². The van der Waals surface area contributed by atoms with Crippen molar-refractivity contribution in [3.63, 3.8) is 0 Å². The summed E-state index contributed by atoms with van der Waals surface area (Å²) in [5.74, 6) is -0.220. The number of carbonyl (C=O) groups is 2. The van der Waals surface area contributed by atoms with Crippen molar-refractivity contribution >= 4 is 39.8 Å². The van der Waals surface area contributed by atoms with Crippen LogP contribution >= 0.6 is 11.3 Å². The molecule has 3 amide bonds. The van der Waals surface area contributed by atoms with Crippen LogP contribution < -0.4 is 21.7 Å². The van der Waals surface area contributed by atoms with Gasteiger partial charge in [0.15, 0.2) is 5.13 Å². The average Bonchev–Trinajstić information content (AvgIpc) is 3.15. The Kier molecular flexibility index (Phi) is 6.38. The maximum absolute atomic E-state index is 12.8. The molecule has 32 heavy (non-hydrogen) atoms. The summed E-state index contributed by atoms with van der Waals surface area (Å²) in [6.45, 7) is 3.70. The van der Waals surface area contributed by atoms with E-state index >= 15 is 0 Å². The number of benzene rings is 2. The van der Waals surface area contributed by atoms with Gasteiger partial charge in [-0.05, 0) is 49.9 Å². The fraction of sp³-hybridized carbons (Fsp3) is 0.261. The Bertz CT molecular complexity index is 1150. The molecule has 1 aromatic heterocycles. The molecule has 0 bridgehead atoms. The number of carbonyl (C=O) groups excluding carboxylic acids is 2. The minimum atomic E-state index is -0.351. The van der Waals surface area contributed by atoms with E-state index in [2.05, 4.69) is 32.9 Å². The van der Waals surface area contributed by atoms with Crippen LogP contribution in [0.5, 0.6) is 0 Å². The number of hydrogen-bond acceptors (Lipinski definition) is 6. The number of nitrogen functional groups attached to an aromatic ring is 1. The van der Waals surface area contributed by atoms with Crippen molar-refractivity contribution in [1.82, 2.24) is 15.2 Å². The molecule has 3 aromatic rings. The quantitative estimate of drug-likeness (QED) is 0.441. The van der Waals surface area contributed by atoms with Crippen LogP contribution in [0.2, 0.25) is 0 Å². The number of amides is 3. The fourth-order valence-corrected chi connectivity index (χ4v) is 4.64. The monoisotopic (exact) mass is 450 g/mol. The van der Waals surface area contributed by atoms with Crippen molar-refractivity contribution in [3.8, 4) is 0 Å². The van der Waals surface area contributed by atoms with Crippen molar-refractivity contribution in [2.24, 2.45) is 0 Å². The van der Waals surface area contributed by atoms with E-state index in [9.17, 15) is 9.59 Å². The molecule has 0 saturated carbocycles. The van der Waals surface area contributed by atoms with Crippen LogP contribution in [0, 0.1) is 0 Å². The molecule has 1 atom stereocenters. The number of aromatic nitrogens is 1. The number of hydrogen-bond donors (Lipinski definition) is 4. The molecular formula is C23H26N6O2S. The summed E-state index contributed by atoms with van der Waals surface area (Å²) < 4.78 is 0. The Morgan fingerprint density at radius 3 is 2.78 bits per heavy atom. The van der Waals surface area contributed by atoms with Gasteiger partial charge < -0.3 is 21.3 Å². The Hall–Kier alpha value is -3.43. The van der Waals surface area contributed by atoms with E-state index in [-0.39, 0.29) is 18.0 Å². The first kappa shape index (κ1) is 21.8. The number of nitrogens with zero attached hydrogens (tertiary/aromatic N) is 2. The zero-order chi connectivity index (χ0) is 22.7. The van der Waals surface area contributed by atoms with Crippen LogP contribution in [-0.4, -0.2) is 35.4 Å². The van der Waals surface area contributed by atoms with E-state index in [1.165, 1.54) is 16.2 Å². The number of nitrogens with one attached hydrogen (secondary N) is 3. The number of nitrogens with two attached hydrogens (primary N) is 1. The summed E-state index contributed by atoms with van der Waals surface area (Å²) in [6, 6.07) is 13.5. The van der Waals surface area contributed by atoms with Gasteiger partial charge in [0.2, 0.25) is 0 Å². The molecule has 0 spiro atoms. The second-order valence-electron chi connectivity index (χ2n) is 7.90. The zero-order valence-corrected chi connectivity index (χ0v) is 18.8. The van der Waals surface area contributed by atoms with Gasteiger partial charge in [0, 0.05) is 41.3 Å². The molecule has 0 radical (unpaired) electrons. The summed E-state index contributed by atoms with van der Waals surface area (Å²) in [5.41, 5.74) is 9.33. The minimum absolute atomic E-state index is 0.220. The maximum atomic E-state index is 12.8. The van der Waals surface area contributed by atoms with Gasteiger partial charge in [-0.3, -0.25) is 10.1 Å². The van der Waals surface area contributed by atoms with E-state index in [0.717, 1.165) is 30.8 Å². The third-order valence-electron chi connectivity index (χ3n) is 5.28. The smallest absolute Gasteiger partial charge is 0.319 e. The molecule has 8 nitrogen and oxygen atoms in total. The lowest BCUT2D eigenvalue weighted by Crippen LogP contribution is -2.31. The maximum Gasteiger partial charge on any atom is 0.319 e. The highest BCUT2D eigenvalue weighted by atomic mass is 32.1. The molecule has 166 valence electrons. The van der Waals surface area contributed by atoms with Gasteiger partial charge >= 0.3 is 6.03 Å². The summed E-state index contributed by atoms with van der Waals surface area (Å²) in [6.07, 6.45) is 0.897. The summed E-state index contributed by atoms with van der Waals surface area (Å²) in [7, 11) is 2.08. The number of rotatable bonds is 5. The Balaban J connectivity index is 1.39. The van der Waals surface area contributed by atoms with E-state index in [1.807, 2.05) is 13.0 Å². The average molecular weight is 451 g/mol. The highest BCUT2D eigenvalue weighted by molar-refractivity contribution is 7.15. The molecular weight excluding hydrogens is 424 g/mol.